The van der Waals surface area contributed by atoms with E-state index in [-0.39, 0.29) is 17.4 Å². The van der Waals surface area contributed by atoms with Crippen molar-refractivity contribution < 1.29 is 9.53 Å². The summed E-state index contributed by atoms with van der Waals surface area (Å²) in [6, 6.07) is 8.16. The van der Waals surface area contributed by atoms with Crippen LogP contribution in [0.25, 0.3) is 0 Å². The van der Waals surface area contributed by atoms with Gasteiger partial charge in [-0.2, -0.15) is 0 Å². The van der Waals surface area contributed by atoms with E-state index >= 15 is 0 Å². The summed E-state index contributed by atoms with van der Waals surface area (Å²) < 4.78 is 5.59. The van der Waals surface area contributed by atoms with Gasteiger partial charge in [0.1, 0.15) is 0 Å². The lowest BCUT2D eigenvalue weighted by atomic mass is 9.93. The number of ether oxygens (including phenoxy) is 1. The molecule has 1 aromatic rings. The number of carbonyl (C=O) groups excluding carboxylic acids is 1. The second-order valence-electron chi connectivity index (χ2n) is 5.85. The topological polar surface area (TPSA) is 50.4 Å². The fourth-order valence-corrected chi connectivity index (χ4v) is 2.51. The Kier molecular flexibility index (Phi) is 4.65. The summed E-state index contributed by atoms with van der Waals surface area (Å²) in [6.07, 6.45) is 0.796. The molecule has 2 rings (SSSR count). The molecular formula is C16H24N2O2. The van der Waals surface area contributed by atoms with E-state index in [1.807, 2.05) is 32.9 Å². The third kappa shape index (κ3) is 3.73. The van der Waals surface area contributed by atoms with Gasteiger partial charge in [0.25, 0.3) is 0 Å². The van der Waals surface area contributed by atoms with Crippen molar-refractivity contribution in [3.05, 3.63) is 29.8 Å². The van der Waals surface area contributed by atoms with Gasteiger partial charge < -0.3 is 15.4 Å². The van der Waals surface area contributed by atoms with E-state index in [0.29, 0.717) is 19.7 Å². The quantitative estimate of drug-likeness (QED) is 0.867. The summed E-state index contributed by atoms with van der Waals surface area (Å²) in [5.74, 6) is 0.0853. The molecule has 0 fully saturated rings. The standard InChI is InChI=1S/C16H24N2O2/c1-4-20-16(2,3)11-18-15(19)13-9-12-7-5-6-8-14(12)17-10-13/h5-8,13,17H,4,9-11H2,1-3H3,(H,18,19). The van der Waals surface area contributed by atoms with Crippen molar-refractivity contribution in [2.45, 2.75) is 32.8 Å². The molecule has 1 atom stereocenters. The third-order valence-electron chi connectivity index (χ3n) is 3.62. The van der Waals surface area contributed by atoms with E-state index in [2.05, 4.69) is 22.8 Å². The van der Waals surface area contributed by atoms with Crippen LogP contribution in [-0.4, -0.2) is 31.2 Å². The monoisotopic (exact) mass is 276 g/mol. The van der Waals surface area contributed by atoms with Crippen LogP contribution in [0, 0.1) is 5.92 Å². The minimum atomic E-state index is -0.315. The third-order valence-corrected chi connectivity index (χ3v) is 3.62. The number of nitrogens with one attached hydrogen (secondary N) is 2. The normalized spacial score (nSPS) is 18.1. The number of hydrogen-bond acceptors (Lipinski definition) is 3. The number of rotatable bonds is 5. The van der Waals surface area contributed by atoms with Gasteiger partial charge in [0, 0.05) is 25.4 Å². The van der Waals surface area contributed by atoms with Gasteiger partial charge in [0.05, 0.1) is 11.5 Å². The van der Waals surface area contributed by atoms with E-state index in [1.54, 1.807) is 0 Å². The average molecular weight is 276 g/mol. The Balaban J connectivity index is 1.89. The molecule has 0 radical (unpaired) electrons. The van der Waals surface area contributed by atoms with Gasteiger partial charge in [-0.15, -0.1) is 0 Å². The molecule has 1 aromatic carbocycles. The van der Waals surface area contributed by atoms with Crippen LogP contribution in [-0.2, 0) is 16.0 Å². The highest BCUT2D eigenvalue weighted by molar-refractivity contribution is 5.80. The molecule has 110 valence electrons. The largest absolute Gasteiger partial charge is 0.384 e. The summed E-state index contributed by atoms with van der Waals surface area (Å²) >= 11 is 0. The summed E-state index contributed by atoms with van der Waals surface area (Å²) in [6.45, 7) is 7.83. The number of amides is 1. The van der Waals surface area contributed by atoms with Crippen LogP contribution in [0.4, 0.5) is 5.69 Å². The van der Waals surface area contributed by atoms with Gasteiger partial charge in [0.15, 0.2) is 0 Å². The lowest BCUT2D eigenvalue weighted by Gasteiger charge is -2.28. The minimum Gasteiger partial charge on any atom is -0.384 e. The molecule has 4 nitrogen and oxygen atoms in total. The molecular weight excluding hydrogens is 252 g/mol. The maximum absolute atomic E-state index is 12.3. The molecule has 1 aliphatic rings. The van der Waals surface area contributed by atoms with Crippen LogP contribution in [0.1, 0.15) is 26.3 Å². The molecule has 0 spiro atoms. The molecule has 1 amide bonds. The van der Waals surface area contributed by atoms with Gasteiger partial charge in [-0.3, -0.25) is 4.79 Å². The van der Waals surface area contributed by atoms with Crippen LogP contribution in [0.3, 0.4) is 0 Å². The highest BCUT2D eigenvalue weighted by Crippen LogP contribution is 2.24. The van der Waals surface area contributed by atoms with Crippen molar-refractivity contribution in [2.24, 2.45) is 5.92 Å². The van der Waals surface area contributed by atoms with Crippen molar-refractivity contribution >= 4 is 11.6 Å². The SMILES string of the molecule is CCOC(C)(C)CNC(=O)C1CNc2ccccc2C1. The highest BCUT2D eigenvalue weighted by Gasteiger charge is 2.26. The maximum atomic E-state index is 12.3. The number of hydrogen-bond donors (Lipinski definition) is 2. The molecule has 2 N–H and O–H groups in total. The van der Waals surface area contributed by atoms with Crippen LogP contribution in [0.5, 0.6) is 0 Å². The zero-order valence-electron chi connectivity index (χ0n) is 12.5. The molecule has 0 saturated carbocycles. The van der Waals surface area contributed by atoms with Gasteiger partial charge in [0.2, 0.25) is 5.91 Å². The Bertz CT molecular complexity index is 471. The zero-order valence-corrected chi connectivity index (χ0v) is 12.5. The van der Waals surface area contributed by atoms with Crippen LogP contribution < -0.4 is 10.6 Å². The van der Waals surface area contributed by atoms with Gasteiger partial charge in [-0.05, 0) is 38.8 Å². The Morgan fingerprint density at radius 2 is 2.20 bits per heavy atom. The van der Waals surface area contributed by atoms with Crippen LogP contribution in [0.15, 0.2) is 24.3 Å². The molecule has 1 heterocycles. The first kappa shape index (κ1) is 14.9. The summed E-state index contributed by atoms with van der Waals surface area (Å²) in [4.78, 5) is 12.3. The molecule has 1 aliphatic heterocycles. The zero-order chi connectivity index (χ0) is 14.6. The first-order chi connectivity index (χ1) is 9.52. The van der Waals surface area contributed by atoms with Crippen molar-refractivity contribution in [3.8, 4) is 0 Å². The first-order valence-corrected chi connectivity index (χ1v) is 7.25. The Labute approximate surface area is 120 Å². The van der Waals surface area contributed by atoms with E-state index in [9.17, 15) is 4.79 Å². The second kappa shape index (κ2) is 6.27. The van der Waals surface area contributed by atoms with Crippen LogP contribution >= 0.6 is 0 Å². The van der Waals surface area contributed by atoms with E-state index in [0.717, 1.165) is 12.1 Å². The average Bonchev–Trinajstić information content (AvgIpc) is 2.44. The first-order valence-electron chi connectivity index (χ1n) is 7.25. The highest BCUT2D eigenvalue weighted by atomic mass is 16.5. The van der Waals surface area contributed by atoms with Gasteiger partial charge in [-0.25, -0.2) is 0 Å². The molecule has 0 aliphatic carbocycles. The lowest BCUT2D eigenvalue weighted by molar-refractivity contribution is -0.126. The smallest absolute Gasteiger partial charge is 0.225 e. The Morgan fingerprint density at radius 1 is 1.45 bits per heavy atom. The van der Waals surface area contributed by atoms with E-state index in [1.165, 1.54) is 5.56 Å². The number of anilines is 1. The van der Waals surface area contributed by atoms with Gasteiger partial charge >= 0.3 is 0 Å². The number of para-hydroxylation sites is 1. The van der Waals surface area contributed by atoms with Crippen molar-refractivity contribution in [2.75, 3.05) is 25.0 Å². The van der Waals surface area contributed by atoms with E-state index < -0.39 is 0 Å². The molecule has 0 saturated heterocycles. The molecule has 4 heteroatoms. The number of carbonyl (C=O) groups is 1. The predicted molar refractivity (Wildman–Crippen MR) is 80.8 cm³/mol. The van der Waals surface area contributed by atoms with Crippen molar-refractivity contribution in [1.82, 2.24) is 5.32 Å². The summed E-state index contributed by atoms with van der Waals surface area (Å²) in [5, 5.41) is 6.33. The van der Waals surface area contributed by atoms with Gasteiger partial charge in [-0.1, -0.05) is 18.2 Å². The Hall–Kier alpha value is -1.55. The van der Waals surface area contributed by atoms with Crippen LogP contribution in [0.2, 0.25) is 0 Å². The molecule has 0 bridgehead atoms. The van der Waals surface area contributed by atoms with Crippen molar-refractivity contribution in [1.29, 1.82) is 0 Å². The second-order valence-corrected chi connectivity index (χ2v) is 5.85. The summed E-state index contributed by atoms with van der Waals surface area (Å²) in [5.41, 5.74) is 2.04. The molecule has 0 aromatic heterocycles. The number of benzene rings is 1. The summed E-state index contributed by atoms with van der Waals surface area (Å²) in [7, 11) is 0. The minimum absolute atomic E-state index is 0.0117. The predicted octanol–water partition coefficient (Wildman–Crippen LogP) is 2.20. The number of fused-ring (bicyclic) bond motifs is 1. The molecule has 1 unspecified atom stereocenters. The fourth-order valence-electron chi connectivity index (χ4n) is 2.51. The molecule has 20 heavy (non-hydrogen) atoms. The maximum Gasteiger partial charge on any atom is 0.225 e. The fraction of sp³-hybridized carbons (Fsp3) is 0.562. The van der Waals surface area contributed by atoms with E-state index in [4.69, 9.17) is 4.74 Å². The lowest BCUT2D eigenvalue weighted by Crippen LogP contribution is -2.45. The Morgan fingerprint density at radius 3 is 2.95 bits per heavy atom. The van der Waals surface area contributed by atoms with Crippen molar-refractivity contribution in [3.63, 3.8) is 0 Å².